The van der Waals surface area contributed by atoms with Gasteiger partial charge in [-0.05, 0) is 83.5 Å². The average molecular weight is 863 g/mol. The molecular weight excluding hydrogens is 769 g/mol. The molecule has 0 saturated heterocycles. The molecule has 354 valence electrons. The number of ether oxygens (including phenoxy) is 3. The van der Waals surface area contributed by atoms with Crippen molar-refractivity contribution in [1.29, 1.82) is 0 Å². The fraction of sp³-hybridized carbons (Fsp3) is 0.696. The molecule has 0 radical (unpaired) electrons. The smallest absolute Gasteiger partial charge is 0.309 e. The standard InChI is InChI=1S/C56H94O6/c1-4-7-10-13-16-19-21-23-25-27-28-29-31-32-34-37-40-43-46-49-55(58)61-52-53(51-60-54(57)48-45-42-39-36-18-15-12-9-6-3)62-56(59)50-47-44-41-38-35-33-30-26-24-22-20-17-14-11-8-5-2/h9,12,16,18-19,21,23,26,30,33,35-36,42,45,53H,4-8,10-11,13-15,17,20,22,24-25,27-29,31-32,34,37-41,43-44,46-52H2,1-3H3/b12-9-,19-16-,23-21-,30-26-,35-33-,36-18-,45-42-. The third kappa shape index (κ3) is 47.6. The molecule has 0 N–H and O–H groups in total. The first kappa shape index (κ1) is 58.6. The zero-order chi connectivity index (χ0) is 45.1. The maximum atomic E-state index is 12.8. The number of carbonyl (C=O) groups excluding carboxylic acids is 3. The van der Waals surface area contributed by atoms with E-state index in [1.807, 2.05) is 6.08 Å². The van der Waals surface area contributed by atoms with Crippen molar-refractivity contribution in [2.75, 3.05) is 13.2 Å². The van der Waals surface area contributed by atoms with Gasteiger partial charge in [0.2, 0.25) is 0 Å². The van der Waals surface area contributed by atoms with E-state index < -0.39 is 12.1 Å². The van der Waals surface area contributed by atoms with Crippen LogP contribution in [0.2, 0.25) is 0 Å². The van der Waals surface area contributed by atoms with Gasteiger partial charge in [-0.15, -0.1) is 0 Å². The van der Waals surface area contributed by atoms with E-state index in [1.54, 1.807) is 6.08 Å². The monoisotopic (exact) mass is 863 g/mol. The molecule has 1 unspecified atom stereocenters. The lowest BCUT2D eigenvalue weighted by Crippen LogP contribution is -2.30. The van der Waals surface area contributed by atoms with E-state index in [1.165, 1.54) is 122 Å². The van der Waals surface area contributed by atoms with Gasteiger partial charge in [0.05, 0.1) is 6.42 Å². The van der Waals surface area contributed by atoms with Crippen molar-refractivity contribution in [1.82, 2.24) is 0 Å². The fourth-order valence-corrected chi connectivity index (χ4v) is 6.84. The highest BCUT2D eigenvalue weighted by molar-refractivity contribution is 5.72. The van der Waals surface area contributed by atoms with Crippen molar-refractivity contribution in [2.45, 2.75) is 239 Å². The first-order chi connectivity index (χ1) is 30.5. The van der Waals surface area contributed by atoms with Gasteiger partial charge in [-0.25, -0.2) is 0 Å². The van der Waals surface area contributed by atoms with E-state index >= 15 is 0 Å². The number of hydrogen-bond acceptors (Lipinski definition) is 6. The van der Waals surface area contributed by atoms with Crippen molar-refractivity contribution in [3.63, 3.8) is 0 Å². The first-order valence-corrected chi connectivity index (χ1v) is 25.6. The molecule has 6 nitrogen and oxygen atoms in total. The summed E-state index contributed by atoms with van der Waals surface area (Å²) in [5.41, 5.74) is 0. The molecule has 6 heteroatoms. The molecule has 0 aliphatic heterocycles. The molecule has 0 heterocycles. The Morgan fingerprint density at radius 2 is 0.726 bits per heavy atom. The Kier molecular flexibility index (Phi) is 47.5. The summed E-state index contributed by atoms with van der Waals surface area (Å²) in [7, 11) is 0. The summed E-state index contributed by atoms with van der Waals surface area (Å²) in [6, 6.07) is 0. The minimum atomic E-state index is -0.826. The second-order valence-electron chi connectivity index (χ2n) is 16.8. The van der Waals surface area contributed by atoms with Crippen LogP contribution in [0.5, 0.6) is 0 Å². The molecular formula is C56H94O6. The highest BCUT2D eigenvalue weighted by Gasteiger charge is 2.19. The van der Waals surface area contributed by atoms with Crippen LogP contribution in [0.4, 0.5) is 0 Å². The van der Waals surface area contributed by atoms with E-state index in [4.69, 9.17) is 14.2 Å². The topological polar surface area (TPSA) is 78.9 Å². The lowest BCUT2D eigenvalue weighted by atomic mass is 10.1. The third-order valence-electron chi connectivity index (χ3n) is 10.7. The maximum Gasteiger partial charge on any atom is 0.309 e. The van der Waals surface area contributed by atoms with Gasteiger partial charge in [-0.2, -0.15) is 0 Å². The van der Waals surface area contributed by atoms with E-state index in [2.05, 4.69) is 93.7 Å². The van der Waals surface area contributed by atoms with Gasteiger partial charge in [0.1, 0.15) is 13.2 Å². The molecule has 0 aromatic carbocycles. The molecule has 0 rings (SSSR count). The maximum absolute atomic E-state index is 12.8. The molecule has 0 amide bonds. The summed E-state index contributed by atoms with van der Waals surface area (Å²) in [4.78, 5) is 37.8. The van der Waals surface area contributed by atoms with Gasteiger partial charge in [0, 0.05) is 12.8 Å². The fourth-order valence-electron chi connectivity index (χ4n) is 6.84. The van der Waals surface area contributed by atoms with Crippen LogP contribution in [0.15, 0.2) is 85.1 Å². The lowest BCUT2D eigenvalue weighted by molar-refractivity contribution is -0.166. The second kappa shape index (κ2) is 50.2. The third-order valence-corrected chi connectivity index (χ3v) is 10.7. The average Bonchev–Trinajstić information content (AvgIpc) is 3.27. The molecule has 0 fully saturated rings. The predicted octanol–water partition coefficient (Wildman–Crippen LogP) is 16.8. The van der Waals surface area contributed by atoms with Crippen molar-refractivity contribution < 1.29 is 28.6 Å². The van der Waals surface area contributed by atoms with Crippen LogP contribution in [-0.4, -0.2) is 37.2 Å². The SMILES string of the molecule is CC/C=C\C/C=C\C/C=C\CC(=O)OCC(COC(=O)CCCCCCCCCCCC/C=C\C=C/CCCCC)OC(=O)CCCCC/C=C\C=C/CCCCCCCCC. The minimum Gasteiger partial charge on any atom is -0.462 e. The quantitative estimate of drug-likeness (QED) is 0.0199. The molecule has 0 aromatic rings. The molecule has 0 aliphatic carbocycles. The molecule has 62 heavy (non-hydrogen) atoms. The zero-order valence-electron chi connectivity index (χ0n) is 40.4. The number of hydrogen-bond donors (Lipinski definition) is 0. The van der Waals surface area contributed by atoms with Crippen LogP contribution in [0, 0.1) is 0 Å². The van der Waals surface area contributed by atoms with Crippen LogP contribution >= 0.6 is 0 Å². The molecule has 0 spiro atoms. The van der Waals surface area contributed by atoms with Gasteiger partial charge < -0.3 is 14.2 Å². The van der Waals surface area contributed by atoms with E-state index in [9.17, 15) is 14.4 Å². The first-order valence-electron chi connectivity index (χ1n) is 25.6. The summed E-state index contributed by atoms with van der Waals surface area (Å²) in [6.45, 7) is 6.36. The van der Waals surface area contributed by atoms with Crippen LogP contribution in [0.1, 0.15) is 233 Å². The lowest BCUT2D eigenvalue weighted by Gasteiger charge is -2.18. The number of unbranched alkanes of at least 4 members (excludes halogenated alkanes) is 23. The Bertz CT molecular complexity index is 1220. The highest BCUT2D eigenvalue weighted by atomic mass is 16.6. The summed E-state index contributed by atoms with van der Waals surface area (Å²) in [5, 5.41) is 0. The summed E-state index contributed by atoms with van der Waals surface area (Å²) in [6.07, 6.45) is 64.6. The second-order valence-corrected chi connectivity index (χ2v) is 16.8. The number of esters is 3. The van der Waals surface area contributed by atoms with Crippen LogP contribution in [-0.2, 0) is 28.6 Å². The van der Waals surface area contributed by atoms with Gasteiger partial charge in [-0.3, -0.25) is 14.4 Å². The van der Waals surface area contributed by atoms with Crippen LogP contribution in [0.3, 0.4) is 0 Å². The van der Waals surface area contributed by atoms with E-state index in [0.29, 0.717) is 6.42 Å². The normalized spacial score (nSPS) is 12.8. The molecule has 0 saturated carbocycles. The van der Waals surface area contributed by atoms with Crippen molar-refractivity contribution in [3.8, 4) is 0 Å². The molecule has 0 bridgehead atoms. The van der Waals surface area contributed by atoms with E-state index in [-0.39, 0.29) is 38.0 Å². The number of allylic oxidation sites excluding steroid dienone is 13. The van der Waals surface area contributed by atoms with Crippen LogP contribution in [0.25, 0.3) is 0 Å². The Morgan fingerprint density at radius 3 is 1.21 bits per heavy atom. The van der Waals surface area contributed by atoms with Crippen molar-refractivity contribution >= 4 is 17.9 Å². The van der Waals surface area contributed by atoms with Crippen molar-refractivity contribution in [2.24, 2.45) is 0 Å². The highest BCUT2D eigenvalue weighted by Crippen LogP contribution is 2.14. The Morgan fingerprint density at radius 1 is 0.371 bits per heavy atom. The zero-order valence-corrected chi connectivity index (χ0v) is 40.4. The minimum absolute atomic E-state index is 0.116. The van der Waals surface area contributed by atoms with Gasteiger partial charge >= 0.3 is 17.9 Å². The van der Waals surface area contributed by atoms with Gasteiger partial charge in [0.15, 0.2) is 6.10 Å². The van der Waals surface area contributed by atoms with Gasteiger partial charge in [0.25, 0.3) is 0 Å². The predicted molar refractivity (Wildman–Crippen MR) is 265 cm³/mol. The summed E-state index contributed by atoms with van der Waals surface area (Å²) < 4.78 is 16.6. The molecule has 0 aromatic heterocycles. The van der Waals surface area contributed by atoms with Gasteiger partial charge in [-0.1, -0.05) is 215 Å². The molecule has 1 atom stereocenters. The molecule has 0 aliphatic rings. The summed E-state index contributed by atoms with van der Waals surface area (Å²) >= 11 is 0. The largest absolute Gasteiger partial charge is 0.462 e. The van der Waals surface area contributed by atoms with Crippen molar-refractivity contribution in [3.05, 3.63) is 85.1 Å². The Balaban J connectivity index is 4.40. The Hall–Kier alpha value is -3.41. The number of carbonyl (C=O) groups is 3. The number of rotatable bonds is 45. The van der Waals surface area contributed by atoms with Crippen LogP contribution < -0.4 is 0 Å². The van der Waals surface area contributed by atoms with E-state index in [0.717, 1.165) is 70.6 Å². The Labute approximate surface area is 382 Å². The summed E-state index contributed by atoms with van der Waals surface area (Å²) in [5.74, 6) is -1.08.